The van der Waals surface area contributed by atoms with Gasteiger partial charge in [-0.1, -0.05) is 30.3 Å². The zero-order valence-electron chi connectivity index (χ0n) is 20.6. The molecule has 2 heterocycles. The Labute approximate surface area is 229 Å². The molecule has 0 spiro atoms. The number of benzene rings is 2. The fourth-order valence-electron chi connectivity index (χ4n) is 3.73. The van der Waals surface area contributed by atoms with E-state index in [9.17, 15) is 31.1 Å². The number of alkyl halides is 6. The van der Waals surface area contributed by atoms with Gasteiger partial charge in [0.15, 0.2) is 5.69 Å². The number of aromatic nitrogens is 2. The first kappa shape index (κ1) is 29.0. The van der Waals surface area contributed by atoms with E-state index in [1.54, 1.807) is 30.6 Å². The third-order valence-corrected chi connectivity index (χ3v) is 6.63. The first-order chi connectivity index (χ1) is 19.0. The Hall–Kier alpha value is -3.97. The lowest BCUT2D eigenvalue weighted by Gasteiger charge is -2.11. The SMILES string of the molecule is O=C(NCc1cccc(OC(F)(F)F)c1)c1sc(-c2cccc(CNCCc3ccncc3)c2)nc1C(F)(F)F. The number of halogens is 6. The number of ether oxygens (including phenoxy) is 1. The Morgan fingerprint density at radius 3 is 2.27 bits per heavy atom. The number of carbonyl (C=O) groups is 1. The minimum Gasteiger partial charge on any atom is -0.406 e. The van der Waals surface area contributed by atoms with Crippen LogP contribution in [0.15, 0.2) is 73.1 Å². The number of rotatable bonds is 10. The van der Waals surface area contributed by atoms with Crippen LogP contribution in [0.4, 0.5) is 26.3 Å². The highest BCUT2D eigenvalue weighted by Crippen LogP contribution is 2.38. The molecular weight excluding hydrogens is 558 g/mol. The second-order valence-electron chi connectivity index (χ2n) is 8.56. The van der Waals surface area contributed by atoms with Gasteiger partial charge in [0.1, 0.15) is 15.6 Å². The molecule has 0 radical (unpaired) electrons. The topological polar surface area (TPSA) is 76.1 Å². The molecule has 0 aliphatic carbocycles. The Balaban J connectivity index is 1.45. The second kappa shape index (κ2) is 12.5. The molecule has 40 heavy (non-hydrogen) atoms. The fraction of sp³-hybridized carbons (Fsp3) is 0.222. The second-order valence-corrected chi connectivity index (χ2v) is 9.55. The van der Waals surface area contributed by atoms with Gasteiger partial charge < -0.3 is 15.4 Å². The lowest BCUT2D eigenvalue weighted by atomic mass is 10.1. The summed E-state index contributed by atoms with van der Waals surface area (Å²) in [6.07, 6.45) is -5.60. The summed E-state index contributed by atoms with van der Waals surface area (Å²) in [6, 6.07) is 15.4. The molecule has 4 rings (SSSR count). The van der Waals surface area contributed by atoms with Crippen LogP contribution in [0.3, 0.4) is 0 Å². The maximum atomic E-state index is 13.8. The highest BCUT2D eigenvalue weighted by molar-refractivity contribution is 7.17. The Kier molecular flexibility index (Phi) is 9.05. The van der Waals surface area contributed by atoms with Crippen molar-refractivity contribution in [2.24, 2.45) is 0 Å². The maximum absolute atomic E-state index is 13.8. The van der Waals surface area contributed by atoms with Crippen molar-refractivity contribution >= 4 is 17.2 Å². The van der Waals surface area contributed by atoms with Crippen molar-refractivity contribution in [2.45, 2.75) is 32.0 Å². The van der Waals surface area contributed by atoms with Gasteiger partial charge in [0.05, 0.1) is 0 Å². The normalized spacial score (nSPS) is 11.8. The molecule has 1 amide bonds. The van der Waals surface area contributed by atoms with Crippen LogP contribution in [0.1, 0.15) is 32.1 Å². The van der Waals surface area contributed by atoms with Crippen LogP contribution in [-0.4, -0.2) is 28.8 Å². The minimum atomic E-state index is -4.91. The van der Waals surface area contributed by atoms with Crippen molar-refractivity contribution in [2.75, 3.05) is 6.54 Å². The molecule has 0 saturated heterocycles. The van der Waals surface area contributed by atoms with E-state index in [1.807, 2.05) is 18.2 Å². The minimum absolute atomic E-state index is 0.0108. The van der Waals surface area contributed by atoms with E-state index in [2.05, 4.69) is 25.3 Å². The number of pyridine rings is 1. The van der Waals surface area contributed by atoms with Crippen molar-refractivity contribution in [3.63, 3.8) is 0 Å². The molecule has 0 atom stereocenters. The number of hydrogen-bond donors (Lipinski definition) is 2. The predicted molar refractivity (Wildman–Crippen MR) is 136 cm³/mol. The quantitative estimate of drug-likeness (QED) is 0.168. The average molecular weight is 581 g/mol. The molecule has 2 aromatic carbocycles. The van der Waals surface area contributed by atoms with Crippen LogP contribution in [0.2, 0.25) is 0 Å². The molecule has 0 unspecified atom stereocenters. The number of carbonyl (C=O) groups excluding carboxylic acids is 1. The molecule has 210 valence electrons. The number of thiazole rings is 1. The summed E-state index contributed by atoms with van der Waals surface area (Å²) in [5, 5.41) is 5.62. The Morgan fingerprint density at radius 2 is 1.57 bits per heavy atom. The van der Waals surface area contributed by atoms with E-state index in [4.69, 9.17) is 0 Å². The van der Waals surface area contributed by atoms with E-state index < -0.39 is 34.8 Å². The van der Waals surface area contributed by atoms with Gasteiger partial charge in [0.25, 0.3) is 5.91 Å². The van der Waals surface area contributed by atoms with E-state index in [-0.39, 0.29) is 17.1 Å². The van der Waals surface area contributed by atoms with Crippen molar-refractivity contribution in [3.8, 4) is 16.3 Å². The summed E-state index contributed by atoms with van der Waals surface area (Å²) in [5.74, 6) is -1.56. The summed E-state index contributed by atoms with van der Waals surface area (Å²) in [4.78, 5) is 19.8. The summed E-state index contributed by atoms with van der Waals surface area (Å²) < 4.78 is 82.5. The summed E-state index contributed by atoms with van der Waals surface area (Å²) in [6.45, 7) is 0.833. The van der Waals surface area contributed by atoms with Gasteiger partial charge in [-0.25, -0.2) is 4.98 Å². The molecule has 0 bridgehead atoms. The molecule has 2 aromatic heterocycles. The molecule has 6 nitrogen and oxygen atoms in total. The van der Waals surface area contributed by atoms with Gasteiger partial charge >= 0.3 is 12.5 Å². The van der Waals surface area contributed by atoms with E-state index >= 15 is 0 Å². The third kappa shape index (κ3) is 8.26. The van der Waals surface area contributed by atoms with Crippen molar-refractivity contribution < 1.29 is 35.9 Å². The molecule has 0 saturated carbocycles. The van der Waals surface area contributed by atoms with Gasteiger partial charge in [-0.05, 0) is 60.0 Å². The van der Waals surface area contributed by atoms with Gasteiger partial charge in [-0.2, -0.15) is 13.2 Å². The monoisotopic (exact) mass is 580 g/mol. The number of nitrogens with one attached hydrogen (secondary N) is 2. The number of nitrogens with zero attached hydrogens (tertiary/aromatic N) is 2. The highest BCUT2D eigenvalue weighted by atomic mass is 32.1. The van der Waals surface area contributed by atoms with Gasteiger partial charge in [0, 0.05) is 31.0 Å². The van der Waals surface area contributed by atoms with E-state index in [0.29, 0.717) is 30.0 Å². The van der Waals surface area contributed by atoms with Crippen LogP contribution in [-0.2, 0) is 25.7 Å². The molecule has 13 heteroatoms. The Morgan fingerprint density at radius 1 is 0.875 bits per heavy atom. The largest absolute Gasteiger partial charge is 0.573 e. The first-order valence-corrected chi connectivity index (χ1v) is 12.7. The van der Waals surface area contributed by atoms with E-state index in [1.165, 1.54) is 12.1 Å². The van der Waals surface area contributed by atoms with Crippen LogP contribution >= 0.6 is 11.3 Å². The van der Waals surface area contributed by atoms with E-state index in [0.717, 1.165) is 29.7 Å². The molecule has 0 aliphatic rings. The van der Waals surface area contributed by atoms with Gasteiger partial charge in [-0.15, -0.1) is 24.5 Å². The van der Waals surface area contributed by atoms with Crippen molar-refractivity contribution in [1.82, 2.24) is 20.6 Å². The van der Waals surface area contributed by atoms with Gasteiger partial charge in [-0.3, -0.25) is 9.78 Å². The van der Waals surface area contributed by atoms with Crippen molar-refractivity contribution in [1.29, 1.82) is 0 Å². The van der Waals surface area contributed by atoms with Crippen LogP contribution in [0.25, 0.3) is 10.6 Å². The lowest BCUT2D eigenvalue weighted by Crippen LogP contribution is -2.25. The van der Waals surface area contributed by atoms with Gasteiger partial charge in [0.2, 0.25) is 0 Å². The fourth-order valence-corrected chi connectivity index (χ4v) is 4.73. The number of hydrogen-bond acceptors (Lipinski definition) is 6. The van der Waals surface area contributed by atoms with Crippen molar-refractivity contribution in [3.05, 3.63) is 100 Å². The molecule has 0 fully saturated rings. The highest BCUT2D eigenvalue weighted by Gasteiger charge is 2.39. The van der Waals surface area contributed by atoms with Crippen LogP contribution in [0, 0.1) is 0 Å². The molecule has 2 N–H and O–H groups in total. The summed E-state index contributed by atoms with van der Waals surface area (Å²) >= 11 is 0.585. The zero-order valence-corrected chi connectivity index (χ0v) is 21.5. The Bertz CT molecular complexity index is 1440. The standard InChI is InChI=1S/C27H22F6N4O2S/c28-26(29,30)23-22(24(38)36-16-19-4-2-6-21(14-19)39-27(31,32)33)40-25(37-23)20-5-1-3-18(13-20)15-35-12-9-17-7-10-34-11-8-17/h1-8,10-11,13-14,35H,9,12,15-16H2,(H,36,38). The first-order valence-electron chi connectivity index (χ1n) is 11.9. The zero-order chi connectivity index (χ0) is 28.8. The smallest absolute Gasteiger partial charge is 0.406 e. The molecular formula is C27H22F6N4O2S. The summed E-state index contributed by atoms with van der Waals surface area (Å²) in [7, 11) is 0. The van der Waals surface area contributed by atoms with Crippen LogP contribution in [0.5, 0.6) is 5.75 Å². The third-order valence-electron chi connectivity index (χ3n) is 5.53. The number of amides is 1. The summed E-state index contributed by atoms with van der Waals surface area (Å²) in [5.41, 5.74) is 1.23. The average Bonchev–Trinajstić information content (AvgIpc) is 3.37. The molecule has 0 aliphatic heterocycles. The molecule has 4 aromatic rings. The van der Waals surface area contributed by atoms with Crippen LogP contribution < -0.4 is 15.4 Å². The lowest BCUT2D eigenvalue weighted by molar-refractivity contribution is -0.274. The predicted octanol–water partition coefficient (Wildman–Crippen LogP) is 6.38. The maximum Gasteiger partial charge on any atom is 0.573 e.